The van der Waals surface area contributed by atoms with Crippen LogP contribution in [0.4, 0.5) is 0 Å². The number of aromatic nitrogens is 2. The van der Waals surface area contributed by atoms with Crippen LogP contribution in [0.25, 0.3) is 11.0 Å². The second kappa shape index (κ2) is 4.94. The summed E-state index contributed by atoms with van der Waals surface area (Å²) in [6, 6.07) is 5.82. The van der Waals surface area contributed by atoms with E-state index in [1.165, 1.54) is 12.8 Å². The molecule has 3 atom stereocenters. The van der Waals surface area contributed by atoms with Crippen molar-refractivity contribution in [2.75, 3.05) is 7.11 Å². The molecule has 2 saturated carbocycles. The molecule has 2 aliphatic rings. The highest BCUT2D eigenvalue weighted by atomic mass is 32.2. The molecular weight excluding hydrogens is 286 g/mol. The lowest BCUT2D eigenvalue weighted by atomic mass is 9.98. The molecule has 0 spiro atoms. The third-order valence-corrected chi connectivity index (χ3v) is 5.93. The number of fused-ring (bicyclic) bond motifs is 3. The number of imidazole rings is 1. The normalized spacial score (nSPS) is 29.6. The van der Waals surface area contributed by atoms with Crippen molar-refractivity contribution in [3.05, 3.63) is 18.2 Å². The van der Waals surface area contributed by atoms with Gasteiger partial charge in [0.1, 0.15) is 5.75 Å². The van der Waals surface area contributed by atoms with Crippen LogP contribution in [0.3, 0.4) is 0 Å². The summed E-state index contributed by atoms with van der Waals surface area (Å²) in [5, 5.41) is 14.0. The van der Waals surface area contributed by atoms with Crippen molar-refractivity contribution in [1.29, 1.82) is 0 Å². The summed E-state index contributed by atoms with van der Waals surface area (Å²) in [7, 11) is 1.66. The maximum absolute atomic E-state index is 9.27. The molecule has 0 radical (unpaired) electrons. The minimum Gasteiger partial charge on any atom is -0.497 e. The minimum atomic E-state index is 0.260. The number of nitrogens with one attached hydrogen (secondary N) is 1. The summed E-state index contributed by atoms with van der Waals surface area (Å²) in [6.45, 7) is 0. The number of H-pyrrole nitrogens is 1. The molecule has 6 heteroatoms. The van der Waals surface area contributed by atoms with Gasteiger partial charge in [-0.25, -0.2) is 4.98 Å². The monoisotopic (exact) mass is 303 g/mol. The Balaban J connectivity index is 1.62. The van der Waals surface area contributed by atoms with Gasteiger partial charge in [0.25, 0.3) is 0 Å². The fourth-order valence-electron chi connectivity index (χ4n) is 3.60. The fraction of sp³-hybridized carbons (Fsp3) is 0.467. The average Bonchev–Trinajstić information content (AvgIpc) is 3.19. The molecule has 1 heterocycles. The Labute approximate surface area is 126 Å². The van der Waals surface area contributed by atoms with Gasteiger partial charge in [-0.2, -0.15) is 0 Å². The second-order valence-electron chi connectivity index (χ2n) is 5.76. The molecule has 0 amide bonds. The van der Waals surface area contributed by atoms with E-state index >= 15 is 0 Å². The number of hydrogen-bond donors (Lipinski definition) is 2. The van der Waals surface area contributed by atoms with E-state index in [1.54, 1.807) is 18.9 Å². The molecule has 0 aliphatic heterocycles. The van der Waals surface area contributed by atoms with Crippen molar-refractivity contribution in [3.63, 3.8) is 0 Å². The number of nitrogens with zero attached hydrogens (tertiary/aromatic N) is 2. The predicted octanol–water partition coefficient (Wildman–Crippen LogP) is 3.29. The molecule has 2 N–H and O–H groups in total. The van der Waals surface area contributed by atoms with Gasteiger partial charge < -0.3 is 14.9 Å². The first-order valence-electron chi connectivity index (χ1n) is 7.20. The largest absolute Gasteiger partial charge is 0.497 e. The van der Waals surface area contributed by atoms with Gasteiger partial charge in [-0.1, -0.05) is 16.9 Å². The Morgan fingerprint density at radius 2 is 2.33 bits per heavy atom. The lowest BCUT2D eigenvalue weighted by Crippen LogP contribution is -2.25. The quantitative estimate of drug-likeness (QED) is 0.674. The van der Waals surface area contributed by atoms with Crippen molar-refractivity contribution in [3.8, 4) is 5.75 Å². The highest BCUT2D eigenvalue weighted by Crippen LogP contribution is 2.49. The van der Waals surface area contributed by atoms with Gasteiger partial charge in [0, 0.05) is 12.0 Å². The maximum Gasteiger partial charge on any atom is 0.167 e. The summed E-state index contributed by atoms with van der Waals surface area (Å²) in [6.07, 6.45) is 3.55. The van der Waals surface area contributed by atoms with E-state index in [4.69, 9.17) is 4.74 Å². The number of thioether (sulfide) groups is 1. The lowest BCUT2D eigenvalue weighted by Gasteiger charge is -2.20. The number of methoxy groups -OCH3 is 1. The fourth-order valence-corrected chi connectivity index (χ4v) is 4.96. The summed E-state index contributed by atoms with van der Waals surface area (Å²) in [5.74, 6) is 1.91. The summed E-state index contributed by atoms with van der Waals surface area (Å²) in [4.78, 5) is 7.96. The van der Waals surface area contributed by atoms with E-state index in [0.717, 1.165) is 34.1 Å². The molecule has 3 unspecified atom stereocenters. The third kappa shape index (κ3) is 2.09. The molecule has 2 bridgehead atoms. The molecule has 2 aliphatic carbocycles. The first-order valence-corrected chi connectivity index (χ1v) is 8.08. The van der Waals surface area contributed by atoms with Crippen molar-refractivity contribution in [2.24, 2.45) is 17.0 Å². The van der Waals surface area contributed by atoms with E-state index < -0.39 is 0 Å². The topological polar surface area (TPSA) is 70.5 Å². The lowest BCUT2D eigenvalue weighted by molar-refractivity contribution is 0.314. The summed E-state index contributed by atoms with van der Waals surface area (Å²) in [5.41, 5.74) is 2.86. The Bertz CT molecular complexity index is 712. The van der Waals surface area contributed by atoms with Crippen LogP contribution in [0.1, 0.15) is 19.3 Å². The number of hydrogen-bond acceptors (Lipinski definition) is 5. The second-order valence-corrected chi connectivity index (χ2v) is 6.89. The van der Waals surface area contributed by atoms with Gasteiger partial charge in [0.05, 0.1) is 29.1 Å². The van der Waals surface area contributed by atoms with Crippen LogP contribution in [0, 0.1) is 11.8 Å². The van der Waals surface area contributed by atoms with Gasteiger partial charge >= 0.3 is 0 Å². The van der Waals surface area contributed by atoms with Crippen LogP contribution in [-0.4, -0.2) is 33.2 Å². The number of oxime groups is 1. The molecule has 21 heavy (non-hydrogen) atoms. The van der Waals surface area contributed by atoms with Crippen molar-refractivity contribution < 1.29 is 9.94 Å². The number of ether oxygens (including phenoxy) is 1. The zero-order valence-corrected chi connectivity index (χ0v) is 12.6. The first-order chi connectivity index (χ1) is 10.3. The van der Waals surface area contributed by atoms with Crippen LogP contribution in [0.15, 0.2) is 28.5 Å². The molecule has 1 aromatic heterocycles. The Kier molecular flexibility index (Phi) is 3.06. The van der Waals surface area contributed by atoms with Crippen LogP contribution in [0.5, 0.6) is 5.75 Å². The summed E-state index contributed by atoms with van der Waals surface area (Å²) >= 11 is 1.69. The van der Waals surface area contributed by atoms with E-state index in [2.05, 4.69) is 15.1 Å². The van der Waals surface area contributed by atoms with Gasteiger partial charge in [-0.05, 0) is 37.3 Å². The van der Waals surface area contributed by atoms with Crippen LogP contribution >= 0.6 is 11.8 Å². The maximum atomic E-state index is 9.27. The molecule has 110 valence electrons. The van der Waals surface area contributed by atoms with E-state index in [0.29, 0.717) is 11.8 Å². The Morgan fingerprint density at radius 1 is 1.43 bits per heavy atom. The van der Waals surface area contributed by atoms with Gasteiger partial charge in [-0.15, -0.1) is 0 Å². The number of rotatable bonds is 3. The number of aromatic amines is 1. The zero-order chi connectivity index (χ0) is 14.4. The number of benzene rings is 1. The van der Waals surface area contributed by atoms with Gasteiger partial charge in [-0.3, -0.25) is 0 Å². The highest BCUT2D eigenvalue weighted by Gasteiger charge is 2.46. The molecule has 5 nitrogen and oxygen atoms in total. The van der Waals surface area contributed by atoms with Crippen LogP contribution in [-0.2, 0) is 0 Å². The standard InChI is InChI=1S/C15H17N3O2S/c1-20-10-4-5-11-12(7-10)17-15(16-11)21-14-9-3-2-8(6-9)13(14)18-19/h4-5,7-9,14,19H,2-3,6H2,1H3,(H,16,17)/b18-13-. The molecule has 0 saturated heterocycles. The predicted molar refractivity (Wildman–Crippen MR) is 82.3 cm³/mol. The van der Waals surface area contributed by atoms with E-state index in [-0.39, 0.29) is 5.25 Å². The van der Waals surface area contributed by atoms with E-state index in [1.807, 2.05) is 18.2 Å². The van der Waals surface area contributed by atoms with Crippen LogP contribution < -0.4 is 4.74 Å². The molecule has 2 aromatic rings. The first kappa shape index (κ1) is 13.0. The molecule has 1 aromatic carbocycles. The van der Waals surface area contributed by atoms with Gasteiger partial charge in [0.2, 0.25) is 0 Å². The minimum absolute atomic E-state index is 0.260. The van der Waals surface area contributed by atoms with Crippen molar-refractivity contribution >= 4 is 28.5 Å². The smallest absolute Gasteiger partial charge is 0.167 e. The zero-order valence-electron chi connectivity index (χ0n) is 11.7. The highest BCUT2D eigenvalue weighted by molar-refractivity contribution is 8.00. The molecule has 2 fully saturated rings. The third-order valence-electron chi connectivity index (χ3n) is 4.63. The Morgan fingerprint density at radius 3 is 3.14 bits per heavy atom. The average molecular weight is 303 g/mol. The van der Waals surface area contributed by atoms with Crippen LogP contribution in [0.2, 0.25) is 0 Å². The Hall–Kier alpha value is -1.69. The SMILES string of the molecule is COc1ccc2nc(SC3/C(=N\O)C4CCC3C4)[nH]c2c1. The summed E-state index contributed by atoms with van der Waals surface area (Å²) < 4.78 is 5.23. The molecular formula is C15H17N3O2S. The van der Waals surface area contributed by atoms with E-state index in [9.17, 15) is 5.21 Å². The van der Waals surface area contributed by atoms with Crippen molar-refractivity contribution in [2.45, 2.75) is 29.7 Å². The molecule has 4 rings (SSSR count). The van der Waals surface area contributed by atoms with Crippen molar-refractivity contribution in [1.82, 2.24) is 9.97 Å². The van der Waals surface area contributed by atoms with Gasteiger partial charge in [0.15, 0.2) is 5.16 Å².